The van der Waals surface area contributed by atoms with E-state index in [4.69, 9.17) is 9.47 Å². The van der Waals surface area contributed by atoms with Crippen molar-refractivity contribution in [1.29, 1.82) is 0 Å². The van der Waals surface area contributed by atoms with Crippen LogP contribution in [0, 0.1) is 34.5 Å². The SMILES string of the molecule is CC(=O)OCC(=O)[C@H]1CCC2C3CC=C4CC(OC(C)=O)CC[C@]4(C)C3CC[C@@]21C. The molecule has 0 aliphatic heterocycles. The number of fused-ring (bicyclic) bond motifs is 5. The quantitative estimate of drug-likeness (QED) is 0.494. The molecular formula is C25H36O5. The van der Waals surface area contributed by atoms with E-state index in [1.807, 2.05) is 0 Å². The Balaban J connectivity index is 1.51. The number of carbonyl (C=O) groups excluding carboxylic acids is 3. The van der Waals surface area contributed by atoms with E-state index >= 15 is 0 Å². The molecule has 5 nitrogen and oxygen atoms in total. The monoisotopic (exact) mass is 416 g/mol. The van der Waals surface area contributed by atoms with Gasteiger partial charge in [0.05, 0.1) is 0 Å². The third-order valence-electron chi connectivity index (χ3n) is 9.20. The summed E-state index contributed by atoms with van der Waals surface area (Å²) < 4.78 is 10.6. The van der Waals surface area contributed by atoms with Gasteiger partial charge in [-0.25, -0.2) is 0 Å². The Morgan fingerprint density at radius 1 is 1.00 bits per heavy atom. The topological polar surface area (TPSA) is 69.7 Å². The van der Waals surface area contributed by atoms with Crippen LogP contribution in [0.4, 0.5) is 0 Å². The minimum Gasteiger partial charge on any atom is -0.462 e. The Morgan fingerprint density at radius 3 is 2.47 bits per heavy atom. The van der Waals surface area contributed by atoms with E-state index in [9.17, 15) is 14.4 Å². The average molecular weight is 417 g/mol. The van der Waals surface area contributed by atoms with Crippen LogP contribution in [0.5, 0.6) is 0 Å². The molecular weight excluding hydrogens is 380 g/mol. The van der Waals surface area contributed by atoms with E-state index in [1.54, 1.807) is 0 Å². The first-order valence-electron chi connectivity index (χ1n) is 11.7. The minimum absolute atomic E-state index is 0.0145. The van der Waals surface area contributed by atoms with Gasteiger partial charge < -0.3 is 9.47 Å². The molecule has 0 radical (unpaired) electrons. The van der Waals surface area contributed by atoms with Gasteiger partial charge in [-0.15, -0.1) is 0 Å². The van der Waals surface area contributed by atoms with Crippen LogP contribution in [0.1, 0.15) is 79.1 Å². The molecule has 166 valence electrons. The normalized spacial score (nSPS) is 42.3. The zero-order valence-corrected chi connectivity index (χ0v) is 18.9. The van der Waals surface area contributed by atoms with Gasteiger partial charge in [-0.2, -0.15) is 0 Å². The van der Waals surface area contributed by atoms with Gasteiger partial charge >= 0.3 is 11.9 Å². The number of rotatable bonds is 4. The van der Waals surface area contributed by atoms with Crippen LogP contribution in [0.2, 0.25) is 0 Å². The van der Waals surface area contributed by atoms with Gasteiger partial charge in [0.2, 0.25) is 0 Å². The highest BCUT2D eigenvalue weighted by Gasteiger charge is 2.59. The smallest absolute Gasteiger partial charge is 0.303 e. The van der Waals surface area contributed by atoms with Crippen molar-refractivity contribution in [2.75, 3.05) is 6.61 Å². The molecule has 0 heterocycles. The number of hydrogen-bond acceptors (Lipinski definition) is 5. The van der Waals surface area contributed by atoms with Gasteiger partial charge in [0.25, 0.3) is 0 Å². The first-order chi connectivity index (χ1) is 14.1. The van der Waals surface area contributed by atoms with Gasteiger partial charge in [0.1, 0.15) is 12.7 Å². The molecule has 4 rings (SSSR count). The first-order valence-corrected chi connectivity index (χ1v) is 11.7. The standard InChI is InChI=1S/C25H36O5/c1-15(26)29-14-23(28)22-8-7-20-19-6-5-17-13-18(30-16(2)27)9-11-24(17,3)21(19)10-12-25(20,22)4/h5,18-22H,6-14H2,1-4H3/t18?,19?,20?,21?,22-,24+,25+/m1/s1. The van der Waals surface area contributed by atoms with E-state index in [-0.39, 0.29) is 47.2 Å². The molecule has 4 aliphatic carbocycles. The molecule has 0 aromatic heterocycles. The molecule has 0 aromatic rings. The molecule has 0 amide bonds. The zero-order chi connectivity index (χ0) is 21.7. The Hall–Kier alpha value is -1.65. The van der Waals surface area contributed by atoms with Crippen LogP contribution in [0.15, 0.2) is 11.6 Å². The lowest BCUT2D eigenvalue weighted by Gasteiger charge is -2.58. The maximum absolute atomic E-state index is 12.9. The van der Waals surface area contributed by atoms with Crippen molar-refractivity contribution in [2.45, 2.75) is 85.2 Å². The van der Waals surface area contributed by atoms with Crippen molar-refractivity contribution in [3.8, 4) is 0 Å². The fourth-order valence-corrected chi connectivity index (χ4v) is 7.77. The number of ether oxygens (including phenoxy) is 2. The van der Waals surface area contributed by atoms with Crippen LogP contribution in [-0.4, -0.2) is 30.4 Å². The highest BCUT2D eigenvalue weighted by atomic mass is 16.5. The third-order valence-corrected chi connectivity index (χ3v) is 9.20. The van der Waals surface area contributed by atoms with Crippen LogP contribution in [0.3, 0.4) is 0 Å². The molecule has 0 spiro atoms. The second-order valence-electron chi connectivity index (χ2n) is 10.7. The van der Waals surface area contributed by atoms with Crippen LogP contribution in [-0.2, 0) is 23.9 Å². The Labute approximate surface area is 179 Å². The Bertz CT molecular complexity index is 770. The van der Waals surface area contributed by atoms with E-state index in [0.717, 1.165) is 51.4 Å². The highest BCUT2D eigenvalue weighted by Crippen LogP contribution is 2.66. The highest BCUT2D eigenvalue weighted by molar-refractivity contribution is 5.85. The summed E-state index contributed by atoms with van der Waals surface area (Å²) in [6.07, 6.45) is 10.7. The fraction of sp³-hybridized carbons (Fsp3) is 0.800. The summed E-state index contributed by atoms with van der Waals surface area (Å²) in [6, 6.07) is 0. The molecule has 0 bridgehead atoms. The van der Waals surface area contributed by atoms with Crippen molar-refractivity contribution in [2.24, 2.45) is 34.5 Å². The lowest BCUT2D eigenvalue weighted by molar-refractivity contribution is -0.150. The molecule has 5 heteroatoms. The summed E-state index contributed by atoms with van der Waals surface area (Å²) in [5, 5.41) is 0. The second-order valence-corrected chi connectivity index (χ2v) is 10.7. The molecule has 3 saturated carbocycles. The maximum atomic E-state index is 12.9. The van der Waals surface area contributed by atoms with Gasteiger partial charge in [-0.05, 0) is 73.5 Å². The molecule has 3 fully saturated rings. The van der Waals surface area contributed by atoms with Crippen molar-refractivity contribution in [1.82, 2.24) is 0 Å². The summed E-state index contributed by atoms with van der Waals surface area (Å²) in [5.41, 5.74) is 1.71. The molecule has 4 unspecified atom stereocenters. The molecule has 0 saturated heterocycles. The number of hydrogen-bond donors (Lipinski definition) is 0. The van der Waals surface area contributed by atoms with Gasteiger partial charge in [0.15, 0.2) is 5.78 Å². The maximum Gasteiger partial charge on any atom is 0.303 e. The summed E-state index contributed by atoms with van der Waals surface area (Å²) in [4.78, 5) is 35.4. The average Bonchev–Trinajstić information content (AvgIpc) is 3.03. The predicted molar refractivity (Wildman–Crippen MR) is 112 cm³/mol. The largest absolute Gasteiger partial charge is 0.462 e. The molecule has 0 N–H and O–H groups in total. The molecule has 30 heavy (non-hydrogen) atoms. The van der Waals surface area contributed by atoms with Crippen molar-refractivity contribution >= 4 is 17.7 Å². The number of carbonyl (C=O) groups is 3. The van der Waals surface area contributed by atoms with Crippen molar-refractivity contribution in [3.63, 3.8) is 0 Å². The van der Waals surface area contributed by atoms with E-state index < -0.39 is 0 Å². The van der Waals surface area contributed by atoms with Crippen LogP contribution in [0.25, 0.3) is 0 Å². The summed E-state index contributed by atoms with van der Waals surface area (Å²) in [6.45, 7) is 7.54. The second kappa shape index (κ2) is 7.80. The third kappa shape index (κ3) is 3.52. The van der Waals surface area contributed by atoms with Crippen molar-refractivity contribution < 1.29 is 23.9 Å². The van der Waals surface area contributed by atoms with E-state index in [2.05, 4.69) is 19.9 Å². The number of Topliss-reactive ketones (excluding diaryl/α,β-unsaturated/α-hetero) is 1. The lowest BCUT2D eigenvalue weighted by Crippen LogP contribution is -2.51. The molecule has 0 aromatic carbocycles. The van der Waals surface area contributed by atoms with Gasteiger partial charge in [-0.1, -0.05) is 25.5 Å². The van der Waals surface area contributed by atoms with Gasteiger partial charge in [0, 0.05) is 26.2 Å². The Morgan fingerprint density at radius 2 is 1.77 bits per heavy atom. The van der Waals surface area contributed by atoms with Crippen LogP contribution >= 0.6 is 0 Å². The Kier molecular flexibility index (Phi) is 5.61. The van der Waals surface area contributed by atoms with Crippen molar-refractivity contribution in [3.05, 3.63) is 11.6 Å². The summed E-state index contributed by atoms with van der Waals surface area (Å²) in [5.74, 6) is 1.39. The molecule has 7 atom stereocenters. The predicted octanol–water partition coefficient (Wildman–Crippen LogP) is 4.63. The van der Waals surface area contributed by atoms with Gasteiger partial charge in [-0.3, -0.25) is 14.4 Å². The first kappa shape index (κ1) is 21.6. The van der Waals surface area contributed by atoms with Crippen LogP contribution < -0.4 is 0 Å². The summed E-state index contributed by atoms with van der Waals surface area (Å²) in [7, 11) is 0. The number of allylic oxidation sites excluding steroid dienone is 1. The summed E-state index contributed by atoms with van der Waals surface area (Å²) >= 11 is 0. The molecule has 4 aliphatic rings. The lowest BCUT2D eigenvalue weighted by atomic mass is 9.47. The minimum atomic E-state index is -0.381. The van der Waals surface area contributed by atoms with E-state index in [0.29, 0.717) is 17.8 Å². The number of esters is 2. The fourth-order valence-electron chi connectivity index (χ4n) is 7.77. The number of ketones is 1. The van der Waals surface area contributed by atoms with E-state index in [1.165, 1.54) is 19.4 Å². The zero-order valence-electron chi connectivity index (χ0n) is 18.9.